The van der Waals surface area contributed by atoms with Gasteiger partial charge in [0.05, 0.1) is 29.8 Å². The third kappa shape index (κ3) is 3.48. The minimum atomic E-state index is -0.495. The van der Waals surface area contributed by atoms with Crippen LogP contribution in [-0.4, -0.2) is 59.4 Å². The van der Waals surface area contributed by atoms with Crippen molar-refractivity contribution in [2.75, 3.05) is 32.1 Å². The van der Waals surface area contributed by atoms with Gasteiger partial charge < -0.3 is 20.0 Å². The lowest BCUT2D eigenvalue weighted by atomic mass is 10.1. The molecule has 0 amide bonds. The number of nitrogens with zero attached hydrogens (tertiary/aromatic N) is 3. The van der Waals surface area contributed by atoms with Crippen LogP contribution in [0.5, 0.6) is 0 Å². The zero-order valence-electron chi connectivity index (χ0n) is 12.5. The van der Waals surface area contributed by atoms with Gasteiger partial charge >= 0.3 is 0 Å². The first-order valence-corrected chi connectivity index (χ1v) is 7.24. The van der Waals surface area contributed by atoms with E-state index in [0.717, 1.165) is 18.7 Å². The van der Waals surface area contributed by atoms with E-state index < -0.39 is 6.10 Å². The Bertz CT molecular complexity index is 422. The molecule has 2 N–H and O–H groups in total. The van der Waals surface area contributed by atoms with E-state index in [2.05, 4.69) is 14.8 Å². The molecule has 1 aliphatic rings. The molecule has 1 aromatic rings. The van der Waals surface area contributed by atoms with E-state index >= 15 is 0 Å². The zero-order valence-corrected chi connectivity index (χ0v) is 12.5. The molecule has 20 heavy (non-hydrogen) atoms. The summed E-state index contributed by atoms with van der Waals surface area (Å²) in [6.07, 6.45) is 2.48. The predicted molar refractivity (Wildman–Crippen MR) is 79.8 cm³/mol. The molecule has 5 heteroatoms. The first-order valence-electron chi connectivity index (χ1n) is 7.24. The molecule has 0 radical (unpaired) electrons. The summed E-state index contributed by atoms with van der Waals surface area (Å²) in [5.74, 6) is 0. The number of aromatic nitrogens is 1. The van der Waals surface area contributed by atoms with Gasteiger partial charge in [-0.1, -0.05) is 6.92 Å². The minimum absolute atomic E-state index is 0.277. The number of hydrogen-bond donors (Lipinski definition) is 2. The Labute approximate surface area is 120 Å². The van der Waals surface area contributed by atoms with Gasteiger partial charge in [0.25, 0.3) is 0 Å². The highest BCUT2D eigenvalue weighted by atomic mass is 16.3. The SMILES string of the molecule is CC[C@@H](O)c1ccc(N2CC(O)CC2CN(C)C)cn1. The monoisotopic (exact) mass is 279 g/mol. The van der Waals surface area contributed by atoms with Crippen molar-refractivity contribution in [1.82, 2.24) is 9.88 Å². The Balaban J connectivity index is 2.12. The summed E-state index contributed by atoms with van der Waals surface area (Å²) in [6, 6.07) is 4.17. The molecule has 1 aromatic heterocycles. The van der Waals surface area contributed by atoms with E-state index in [1.165, 1.54) is 0 Å². The second-order valence-electron chi connectivity index (χ2n) is 5.82. The number of likely N-dealkylation sites (N-methyl/N-ethyl adjacent to an activating group) is 1. The van der Waals surface area contributed by atoms with Crippen LogP contribution in [0.1, 0.15) is 31.6 Å². The normalized spacial score (nSPS) is 24.4. The van der Waals surface area contributed by atoms with Gasteiger partial charge in [-0.05, 0) is 39.1 Å². The molecule has 2 unspecified atom stereocenters. The summed E-state index contributed by atoms with van der Waals surface area (Å²) < 4.78 is 0. The number of anilines is 1. The van der Waals surface area contributed by atoms with Crippen LogP contribution in [0.25, 0.3) is 0 Å². The van der Waals surface area contributed by atoms with Crippen LogP contribution in [0.15, 0.2) is 18.3 Å². The Kier molecular flexibility index (Phi) is 4.96. The second kappa shape index (κ2) is 6.52. The number of pyridine rings is 1. The van der Waals surface area contributed by atoms with E-state index in [1.807, 2.05) is 33.2 Å². The van der Waals surface area contributed by atoms with Gasteiger partial charge in [0.15, 0.2) is 0 Å². The average Bonchev–Trinajstić information content (AvgIpc) is 2.78. The largest absolute Gasteiger partial charge is 0.391 e. The van der Waals surface area contributed by atoms with E-state index in [9.17, 15) is 10.2 Å². The molecule has 0 bridgehead atoms. The third-order valence-electron chi connectivity index (χ3n) is 3.80. The molecule has 1 saturated heterocycles. The summed E-state index contributed by atoms with van der Waals surface area (Å²) in [5, 5.41) is 19.7. The van der Waals surface area contributed by atoms with Crippen molar-refractivity contribution in [3.05, 3.63) is 24.0 Å². The van der Waals surface area contributed by atoms with Crippen molar-refractivity contribution in [3.8, 4) is 0 Å². The fourth-order valence-corrected chi connectivity index (χ4v) is 2.78. The molecule has 0 spiro atoms. The first-order chi connectivity index (χ1) is 9.51. The van der Waals surface area contributed by atoms with E-state index in [0.29, 0.717) is 24.7 Å². The molecule has 1 aliphatic heterocycles. The Morgan fingerprint density at radius 1 is 1.45 bits per heavy atom. The van der Waals surface area contributed by atoms with Crippen LogP contribution >= 0.6 is 0 Å². The first kappa shape index (κ1) is 15.2. The Hall–Kier alpha value is -1.17. The van der Waals surface area contributed by atoms with Crippen molar-refractivity contribution in [2.45, 2.75) is 38.0 Å². The maximum absolute atomic E-state index is 9.90. The highest BCUT2D eigenvalue weighted by Gasteiger charge is 2.31. The molecule has 0 aromatic carbocycles. The molecule has 2 heterocycles. The quantitative estimate of drug-likeness (QED) is 0.843. The fraction of sp³-hybridized carbons (Fsp3) is 0.667. The lowest BCUT2D eigenvalue weighted by molar-refractivity contribution is 0.169. The highest BCUT2D eigenvalue weighted by molar-refractivity contribution is 5.47. The highest BCUT2D eigenvalue weighted by Crippen LogP contribution is 2.26. The van der Waals surface area contributed by atoms with Crippen LogP contribution in [0, 0.1) is 0 Å². The Morgan fingerprint density at radius 3 is 2.75 bits per heavy atom. The van der Waals surface area contributed by atoms with Gasteiger partial charge in [-0.15, -0.1) is 0 Å². The maximum atomic E-state index is 9.90. The van der Waals surface area contributed by atoms with E-state index in [4.69, 9.17) is 0 Å². The van der Waals surface area contributed by atoms with Crippen molar-refractivity contribution in [3.63, 3.8) is 0 Å². The lowest BCUT2D eigenvalue weighted by Crippen LogP contribution is -2.37. The van der Waals surface area contributed by atoms with E-state index in [1.54, 1.807) is 6.20 Å². The van der Waals surface area contributed by atoms with Gasteiger partial charge in [0.2, 0.25) is 0 Å². The second-order valence-corrected chi connectivity index (χ2v) is 5.82. The van der Waals surface area contributed by atoms with Crippen molar-refractivity contribution < 1.29 is 10.2 Å². The van der Waals surface area contributed by atoms with E-state index in [-0.39, 0.29) is 6.10 Å². The van der Waals surface area contributed by atoms with Gasteiger partial charge in [0.1, 0.15) is 0 Å². The molecular weight excluding hydrogens is 254 g/mol. The molecule has 112 valence electrons. The molecule has 3 atom stereocenters. The third-order valence-corrected chi connectivity index (χ3v) is 3.80. The summed E-state index contributed by atoms with van der Waals surface area (Å²) in [4.78, 5) is 8.69. The van der Waals surface area contributed by atoms with Crippen molar-refractivity contribution in [1.29, 1.82) is 0 Å². The van der Waals surface area contributed by atoms with Gasteiger partial charge in [0, 0.05) is 19.1 Å². The van der Waals surface area contributed by atoms with Crippen molar-refractivity contribution in [2.24, 2.45) is 0 Å². The summed E-state index contributed by atoms with van der Waals surface area (Å²) in [7, 11) is 4.09. The molecule has 2 rings (SSSR count). The maximum Gasteiger partial charge on any atom is 0.0957 e. The van der Waals surface area contributed by atoms with Gasteiger partial charge in [-0.25, -0.2) is 0 Å². The van der Waals surface area contributed by atoms with Crippen LogP contribution in [0.3, 0.4) is 0 Å². The average molecular weight is 279 g/mol. The number of hydrogen-bond acceptors (Lipinski definition) is 5. The topological polar surface area (TPSA) is 59.8 Å². The number of aliphatic hydroxyl groups is 2. The van der Waals surface area contributed by atoms with Crippen molar-refractivity contribution >= 4 is 5.69 Å². The predicted octanol–water partition coefficient (Wildman–Crippen LogP) is 1.03. The van der Waals surface area contributed by atoms with Crippen LogP contribution in [0.2, 0.25) is 0 Å². The number of aliphatic hydroxyl groups excluding tert-OH is 2. The molecule has 0 aliphatic carbocycles. The lowest BCUT2D eigenvalue weighted by Gasteiger charge is -2.28. The van der Waals surface area contributed by atoms with Gasteiger partial charge in [-0.3, -0.25) is 4.98 Å². The summed E-state index contributed by atoms with van der Waals surface area (Å²) in [5.41, 5.74) is 1.72. The van der Waals surface area contributed by atoms with Crippen LogP contribution in [-0.2, 0) is 0 Å². The molecule has 5 nitrogen and oxygen atoms in total. The smallest absolute Gasteiger partial charge is 0.0957 e. The molecule has 1 fully saturated rings. The Morgan fingerprint density at radius 2 is 2.20 bits per heavy atom. The minimum Gasteiger partial charge on any atom is -0.391 e. The number of β-amino-alcohol motifs (C(OH)–C–C–N with tert-alkyl or cyclic N) is 1. The van der Waals surface area contributed by atoms with Crippen LogP contribution in [0.4, 0.5) is 5.69 Å². The number of rotatable bonds is 5. The molecule has 0 saturated carbocycles. The summed E-state index contributed by atoms with van der Waals surface area (Å²) in [6.45, 7) is 3.50. The standard InChI is InChI=1S/C15H25N3O2/c1-4-15(20)14-6-5-11(8-16-14)18-10-13(19)7-12(18)9-17(2)3/h5-6,8,12-13,15,19-20H,4,7,9-10H2,1-3H3/t12?,13?,15-/m1/s1. The van der Waals surface area contributed by atoms with Crippen LogP contribution < -0.4 is 4.90 Å². The van der Waals surface area contributed by atoms with Gasteiger partial charge in [-0.2, -0.15) is 0 Å². The summed E-state index contributed by atoms with van der Waals surface area (Å²) >= 11 is 0. The zero-order chi connectivity index (χ0) is 14.7. The molecular formula is C15H25N3O2. The fourth-order valence-electron chi connectivity index (χ4n) is 2.78.